The van der Waals surface area contributed by atoms with E-state index >= 15 is 0 Å². The van der Waals surface area contributed by atoms with Crippen LogP contribution < -0.4 is 10.1 Å². The number of hydrogen-bond acceptors (Lipinski definition) is 2. The standard InChI is InChI=1S/C14H21NO/c1-4-5-11-6-7-13-12(10-11)15-9-8-14(2,3)16-13/h6-7,10,15H,4-5,8-9H2,1-3H3. The summed E-state index contributed by atoms with van der Waals surface area (Å²) in [6.07, 6.45) is 3.36. The Morgan fingerprint density at radius 3 is 2.94 bits per heavy atom. The smallest absolute Gasteiger partial charge is 0.143 e. The largest absolute Gasteiger partial charge is 0.486 e. The highest BCUT2D eigenvalue weighted by Gasteiger charge is 2.24. The number of ether oxygens (including phenoxy) is 1. The van der Waals surface area contributed by atoms with Crippen LogP contribution in [-0.2, 0) is 6.42 Å². The van der Waals surface area contributed by atoms with Crippen molar-refractivity contribution in [3.05, 3.63) is 23.8 Å². The van der Waals surface area contributed by atoms with Crippen LogP contribution in [0.25, 0.3) is 0 Å². The van der Waals surface area contributed by atoms with Gasteiger partial charge in [0.1, 0.15) is 11.4 Å². The van der Waals surface area contributed by atoms with Crippen LogP contribution in [0.5, 0.6) is 5.75 Å². The summed E-state index contributed by atoms with van der Waals surface area (Å²) < 4.78 is 6.01. The van der Waals surface area contributed by atoms with Gasteiger partial charge in [-0.1, -0.05) is 19.4 Å². The Bertz CT molecular complexity index is 371. The van der Waals surface area contributed by atoms with Gasteiger partial charge >= 0.3 is 0 Å². The fourth-order valence-electron chi connectivity index (χ4n) is 2.10. The molecule has 0 saturated heterocycles. The van der Waals surface area contributed by atoms with E-state index in [4.69, 9.17) is 4.74 Å². The molecule has 2 rings (SSSR count). The van der Waals surface area contributed by atoms with Crippen LogP contribution in [0, 0.1) is 0 Å². The van der Waals surface area contributed by atoms with Crippen molar-refractivity contribution < 1.29 is 4.74 Å². The van der Waals surface area contributed by atoms with Crippen LogP contribution in [0.15, 0.2) is 18.2 Å². The Morgan fingerprint density at radius 2 is 2.19 bits per heavy atom. The molecule has 0 aliphatic carbocycles. The zero-order valence-electron chi connectivity index (χ0n) is 10.5. The van der Waals surface area contributed by atoms with Crippen molar-refractivity contribution >= 4 is 5.69 Å². The molecule has 0 bridgehead atoms. The van der Waals surface area contributed by atoms with Gasteiger partial charge < -0.3 is 10.1 Å². The van der Waals surface area contributed by atoms with Gasteiger partial charge in [0, 0.05) is 13.0 Å². The highest BCUT2D eigenvalue weighted by atomic mass is 16.5. The van der Waals surface area contributed by atoms with Gasteiger partial charge in [-0.05, 0) is 38.0 Å². The molecule has 1 aromatic rings. The highest BCUT2D eigenvalue weighted by Crippen LogP contribution is 2.33. The first-order chi connectivity index (χ1) is 7.61. The molecular formula is C14H21NO. The van der Waals surface area contributed by atoms with E-state index in [1.807, 2.05) is 0 Å². The molecule has 1 aromatic carbocycles. The van der Waals surface area contributed by atoms with Crippen molar-refractivity contribution in [2.45, 2.75) is 45.6 Å². The van der Waals surface area contributed by atoms with E-state index in [0.717, 1.165) is 30.8 Å². The maximum absolute atomic E-state index is 6.01. The van der Waals surface area contributed by atoms with Gasteiger partial charge in [-0.25, -0.2) is 0 Å². The minimum absolute atomic E-state index is 0.0650. The molecule has 0 spiro atoms. The van der Waals surface area contributed by atoms with Gasteiger partial charge in [-0.3, -0.25) is 0 Å². The molecule has 0 atom stereocenters. The topological polar surface area (TPSA) is 21.3 Å². The van der Waals surface area contributed by atoms with E-state index in [2.05, 4.69) is 44.3 Å². The lowest BCUT2D eigenvalue weighted by atomic mass is 10.1. The van der Waals surface area contributed by atoms with Gasteiger partial charge in [0.15, 0.2) is 0 Å². The molecule has 0 aromatic heterocycles. The molecule has 0 unspecified atom stereocenters. The summed E-state index contributed by atoms with van der Waals surface area (Å²) in [6.45, 7) is 7.47. The van der Waals surface area contributed by atoms with Gasteiger partial charge in [-0.15, -0.1) is 0 Å². The number of fused-ring (bicyclic) bond motifs is 1. The number of benzene rings is 1. The Kier molecular flexibility index (Phi) is 3.08. The molecule has 1 N–H and O–H groups in total. The minimum Gasteiger partial charge on any atom is -0.486 e. The maximum atomic E-state index is 6.01. The van der Waals surface area contributed by atoms with Gasteiger partial charge in [0.05, 0.1) is 5.69 Å². The average Bonchev–Trinajstić information content (AvgIpc) is 2.35. The zero-order valence-corrected chi connectivity index (χ0v) is 10.5. The average molecular weight is 219 g/mol. The van der Waals surface area contributed by atoms with Crippen molar-refractivity contribution in [1.82, 2.24) is 0 Å². The summed E-state index contributed by atoms with van der Waals surface area (Å²) in [6, 6.07) is 6.49. The van der Waals surface area contributed by atoms with E-state index in [1.54, 1.807) is 0 Å². The van der Waals surface area contributed by atoms with Gasteiger partial charge in [0.2, 0.25) is 0 Å². The van der Waals surface area contributed by atoms with E-state index < -0.39 is 0 Å². The predicted octanol–water partition coefficient (Wildman–Crippen LogP) is 3.61. The molecule has 2 nitrogen and oxygen atoms in total. The number of anilines is 1. The molecule has 0 radical (unpaired) electrons. The molecular weight excluding hydrogens is 198 g/mol. The van der Waals surface area contributed by atoms with Crippen molar-refractivity contribution in [3.63, 3.8) is 0 Å². The maximum Gasteiger partial charge on any atom is 0.143 e. The second-order valence-electron chi connectivity index (χ2n) is 5.12. The number of nitrogens with one attached hydrogen (secondary N) is 1. The quantitative estimate of drug-likeness (QED) is 0.820. The summed E-state index contributed by atoms with van der Waals surface area (Å²) in [4.78, 5) is 0. The summed E-state index contributed by atoms with van der Waals surface area (Å²) in [7, 11) is 0. The summed E-state index contributed by atoms with van der Waals surface area (Å²) >= 11 is 0. The van der Waals surface area contributed by atoms with Gasteiger partial charge in [-0.2, -0.15) is 0 Å². The number of rotatable bonds is 2. The Balaban J connectivity index is 2.27. The number of aryl methyl sites for hydroxylation is 1. The zero-order chi connectivity index (χ0) is 11.6. The molecule has 88 valence electrons. The lowest BCUT2D eigenvalue weighted by Gasteiger charge is -2.23. The minimum atomic E-state index is -0.0650. The second kappa shape index (κ2) is 4.36. The fourth-order valence-corrected chi connectivity index (χ4v) is 2.10. The lowest BCUT2D eigenvalue weighted by molar-refractivity contribution is 0.108. The first kappa shape index (κ1) is 11.3. The van der Waals surface area contributed by atoms with Crippen LogP contribution in [-0.4, -0.2) is 12.1 Å². The molecule has 0 fully saturated rings. The first-order valence-corrected chi connectivity index (χ1v) is 6.16. The SMILES string of the molecule is CCCc1ccc2c(c1)NCCC(C)(C)O2. The van der Waals surface area contributed by atoms with E-state index in [9.17, 15) is 0 Å². The molecule has 1 aliphatic rings. The van der Waals surface area contributed by atoms with Gasteiger partial charge in [0.25, 0.3) is 0 Å². The third kappa shape index (κ3) is 2.49. The Labute approximate surface area is 98.0 Å². The number of hydrogen-bond donors (Lipinski definition) is 1. The first-order valence-electron chi connectivity index (χ1n) is 6.16. The van der Waals surface area contributed by atoms with Crippen molar-refractivity contribution in [2.24, 2.45) is 0 Å². The van der Waals surface area contributed by atoms with E-state index in [-0.39, 0.29) is 5.60 Å². The summed E-state index contributed by atoms with van der Waals surface area (Å²) in [5.74, 6) is 0.988. The van der Waals surface area contributed by atoms with E-state index in [1.165, 1.54) is 12.0 Å². The Morgan fingerprint density at radius 1 is 1.38 bits per heavy atom. The predicted molar refractivity (Wildman–Crippen MR) is 68.3 cm³/mol. The second-order valence-corrected chi connectivity index (χ2v) is 5.12. The van der Waals surface area contributed by atoms with Crippen molar-refractivity contribution in [3.8, 4) is 5.75 Å². The highest BCUT2D eigenvalue weighted by molar-refractivity contribution is 5.59. The lowest BCUT2D eigenvalue weighted by Crippen LogP contribution is -2.28. The summed E-state index contributed by atoms with van der Waals surface area (Å²) in [5, 5.41) is 3.45. The van der Waals surface area contributed by atoms with Crippen LogP contribution in [0.2, 0.25) is 0 Å². The molecule has 0 saturated carbocycles. The normalized spacial score (nSPS) is 17.9. The molecule has 16 heavy (non-hydrogen) atoms. The van der Waals surface area contributed by atoms with Crippen molar-refractivity contribution in [1.29, 1.82) is 0 Å². The molecule has 0 amide bonds. The van der Waals surface area contributed by atoms with Crippen LogP contribution in [0.3, 0.4) is 0 Å². The Hall–Kier alpha value is -1.18. The molecule has 1 aliphatic heterocycles. The third-order valence-corrected chi connectivity index (χ3v) is 3.01. The molecule has 1 heterocycles. The van der Waals surface area contributed by atoms with Crippen molar-refractivity contribution in [2.75, 3.05) is 11.9 Å². The molecule has 2 heteroatoms. The summed E-state index contributed by atoms with van der Waals surface area (Å²) in [5.41, 5.74) is 2.47. The van der Waals surface area contributed by atoms with Crippen LogP contribution >= 0.6 is 0 Å². The van der Waals surface area contributed by atoms with E-state index in [0.29, 0.717) is 0 Å². The monoisotopic (exact) mass is 219 g/mol. The van der Waals surface area contributed by atoms with Crippen LogP contribution in [0.4, 0.5) is 5.69 Å². The van der Waals surface area contributed by atoms with Crippen LogP contribution in [0.1, 0.15) is 39.2 Å². The fraction of sp³-hybridized carbons (Fsp3) is 0.571. The third-order valence-electron chi connectivity index (χ3n) is 3.01.